The highest BCUT2D eigenvalue weighted by Crippen LogP contribution is 2.31. The van der Waals surface area contributed by atoms with Crippen LogP contribution in [0.4, 0.5) is 5.82 Å². The summed E-state index contributed by atoms with van der Waals surface area (Å²) in [5, 5.41) is 8.07. The minimum absolute atomic E-state index is 0.252. The van der Waals surface area contributed by atoms with Gasteiger partial charge in [0.25, 0.3) is 0 Å². The Kier molecular flexibility index (Phi) is 4.36. The predicted molar refractivity (Wildman–Crippen MR) is 81.9 cm³/mol. The second-order valence-corrected chi connectivity index (χ2v) is 6.26. The van der Waals surface area contributed by atoms with E-state index in [1.807, 2.05) is 12.1 Å². The Bertz CT molecular complexity index is 470. The highest BCUT2D eigenvalue weighted by Gasteiger charge is 2.32. The second kappa shape index (κ2) is 6.41. The van der Waals surface area contributed by atoms with Crippen LogP contribution in [0.25, 0.3) is 0 Å². The normalized spacial score (nSPS) is 26.7. The van der Waals surface area contributed by atoms with Gasteiger partial charge in [-0.2, -0.15) is 5.10 Å². The average Bonchev–Trinajstić information content (AvgIpc) is 2.56. The molecule has 0 radical (unpaired) electrons. The summed E-state index contributed by atoms with van der Waals surface area (Å²) in [6, 6.07) is 3.89. The zero-order valence-electron chi connectivity index (χ0n) is 12.7. The van der Waals surface area contributed by atoms with Crippen LogP contribution in [-0.4, -0.2) is 47.2 Å². The van der Waals surface area contributed by atoms with Crippen LogP contribution in [0.1, 0.15) is 32.6 Å². The van der Waals surface area contributed by atoms with Crippen molar-refractivity contribution in [1.29, 1.82) is 0 Å². The molecule has 0 aromatic carbocycles. The maximum absolute atomic E-state index is 12.7. The molecule has 2 fully saturated rings. The SMILES string of the molecule is CC1CCCC[C@@H]1C(=O)N1CCN(c2cccnn2)CC1. The smallest absolute Gasteiger partial charge is 0.226 e. The molecular formula is C16H24N4O. The van der Waals surface area contributed by atoms with Gasteiger partial charge >= 0.3 is 0 Å². The Labute approximate surface area is 126 Å². The van der Waals surface area contributed by atoms with Gasteiger partial charge in [-0.1, -0.05) is 19.8 Å². The Morgan fingerprint density at radius 1 is 1.19 bits per heavy atom. The van der Waals surface area contributed by atoms with Gasteiger partial charge in [-0.25, -0.2) is 0 Å². The molecular weight excluding hydrogens is 264 g/mol. The number of hydrogen-bond donors (Lipinski definition) is 0. The number of carbonyl (C=O) groups excluding carboxylic acids is 1. The summed E-state index contributed by atoms with van der Waals surface area (Å²) in [6.07, 6.45) is 6.46. The quantitative estimate of drug-likeness (QED) is 0.834. The van der Waals surface area contributed by atoms with E-state index in [0.29, 0.717) is 11.8 Å². The number of aromatic nitrogens is 2. The van der Waals surface area contributed by atoms with Crippen molar-refractivity contribution in [1.82, 2.24) is 15.1 Å². The number of anilines is 1. The fourth-order valence-corrected chi connectivity index (χ4v) is 3.54. The van der Waals surface area contributed by atoms with Crippen LogP contribution >= 0.6 is 0 Å². The molecule has 1 amide bonds. The van der Waals surface area contributed by atoms with E-state index in [1.54, 1.807) is 6.20 Å². The molecule has 1 saturated carbocycles. The Balaban J connectivity index is 1.57. The number of hydrogen-bond acceptors (Lipinski definition) is 4. The summed E-state index contributed by atoms with van der Waals surface area (Å²) in [7, 11) is 0. The van der Waals surface area contributed by atoms with E-state index in [-0.39, 0.29) is 5.92 Å². The van der Waals surface area contributed by atoms with Gasteiger partial charge < -0.3 is 9.80 Å². The molecule has 1 aromatic heterocycles. The number of rotatable bonds is 2. The Morgan fingerprint density at radius 2 is 1.95 bits per heavy atom. The molecule has 2 heterocycles. The Hall–Kier alpha value is -1.65. The monoisotopic (exact) mass is 288 g/mol. The van der Waals surface area contributed by atoms with E-state index in [2.05, 4.69) is 26.9 Å². The molecule has 1 aliphatic carbocycles. The third-order valence-corrected chi connectivity index (χ3v) is 4.90. The van der Waals surface area contributed by atoms with Crippen LogP contribution in [-0.2, 0) is 4.79 Å². The van der Waals surface area contributed by atoms with Gasteiger partial charge in [0.05, 0.1) is 0 Å². The first kappa shape index (κ1) is 14.3. The van der Waals surface area contributed by atoms with E-state index < -0.39 is 0 Å². The highest BCUT2D eigenvalue weighted by molar-refractivity contribution is 5.79. The summed E-state index contributed by atoms with van der Waals surface area (Å²) >= 11 is 0. The molecule has 1 aromatic rings. The fraction of sp³-hybridized carbons (Fsp3) is 0.688. The predicted octanol–water partition coefficient (Wildman–Crippen LogP) is 1.95. The summed E-state index contributed by atoms with van der Waals surface area (Å²) in [4.78, 5) is 17.0. The molecule has 1 saturated heterocycles. The molecule has 0 N–H and O–H groups in total. The minimum Gasteiger partial charge on any atom is -0.352 e. The lowest BCUT2D eigenvalue weighted by Crippen LogP contribution is -2.51. The second-order valence-electron chi connectivity index (χ2n) is 6.26. The molecule has 21 heavy (non-hydrogen) atoms. The summed E-state index contributed by atoms with van der Waals surface area (Å²) in [6.45, 7) is 5.55. The van der Waals surface area contributed by atoms with Crippen molar-refractivity contribution in [3.05, 3.63) is 18.3 Å². The molecule has 1 unspecified atom stereocenters. The van der Waals surface area contributed by atoms with E-state index in [0.717, 1.165) is 38.4 Å². The third-order valence-electron chi connectivity index (χ3n) is 4.90. The van der Waals surface area contributed by atoms with Gasteiger partial charge in [0.1, 0.15) is 0 Å². The molecule has 3 rings (SSSR count). The first-order valence-electron chi connectivity index (χ1n) is 8.07. The van der Waals surface area contributed by atoms with E-state index in [9.17, 15) is 4.79 Å². The van der Waals surface area contributed by atoms with Crippen LogP contribution in [0, 0.1) is 11.8 Å². The summed E-state index contributed by atoms with van der Waals surface area (Å²) in [5.74, 6) is 2.09. The molecule has 1 aliphatic heterocycles. The summed E-state index contributed by atoms with van der Waals surface area (Å²) in [5.41, 5.74) is 0. The van der Waals surface area contributed by atoms with Crippen LogP contribution < -0.4 is 4.90 Å². The highest BCUT2D eigenvalue weighted by atomic mass is 16.2. The van der Waals surface area contributed by atoms with Gasteiger partial charge in [0.15, 0.2) is 5.82 Å². The Morgan fingerprint density at radius 3 is 2.62 bits per heavy atom. The third kappa shape index (κ3) is 3.17. The van der Waals surface area contributed by atoms with Gasteiger partial charge in [-0.3, -0.25) is 4.79 Å². The zero-order valence-corrected chi connectivity index (χ0v) is 12.7. The van der Waals surface area contributed by atoms with Gasteiger partial charge in [0, 0.05) is 38.3 Å². The minimum atomic E-state index is 0.252. The van der Waals surface area contributed by atoms with Gasteiger partial charge in [0.2, 0.25) is 5.91 Å². The average molecular weight is 288 g/mol. The van der Waals surface area contributed by atoms with E-state index in [4.69, 9.17) is 0 Å². The largest absolute Gasteiger partial charge is 0.352 e. The van der Waals surface area contributed by atoms with Crippen molar-refractivity contribution in [3.63, 3.8) is 0 Å². The standard InChI is InChI=1S/C16H24N4O/c1-13-5-2-3-6-14(13)16(21)20-11-9-19(10-12-20)15-7-4-8-17-18-15/h4,7-8,13-14H,2-3,5-6,9-12H2,1H3/t13?,14-/m0/s1. The molecule has 2 atom stereocenters. The zero-order chi connectivity index (χ0) is 14.7. The lowest BCUT2D eigenvalue weighted by atomic mass is 9.79. The molecule has 5 heteroatoms. The topological polar surface area (TPSA) is 49.3 Å². The first-order chi connectivity index (χ1) is 10.3. The van der Waals surface area contributed by atoms with E-state index >= 15 is 0 Å². The maximum atomic E-state index is 12.7. The van der Waals surface area contributed by atoms with Crippen LogP contribution in [0.3, 0.4) is 0 Å². The van der Waals surface area contributed by atoms with Crippen molar-refractivity contribution >= 4 is 11.7 Å². The molecule has 0 spiro atoms. The van der Waals surface area contributed by atoms with Crippen LogP contribution in [0.2, 0.25) is 0 Å². The first-order valence-corrected chi connectivity index (χ1v) is 8.07. The van der Waals surface area contributed by atoms with Crippen molar-refractivity contribution in [3.8, 4) is 0 Å². The number of amides is 1. The molecule has 2 aliphatic rings. The van der Waals surface area contributed by atoms with Crippen molar-refractivity contribution in [2.75, 3.05) is 31.1 Å². The molecule has 5 nitrogen and oxygen atoms in total. The van der Waals surface area contributed by atoms with Crippen molar-refractivity contribution in [2.24, 2.45) is 11.8 Å². The number of carbonyl (C=O) groups is 1. The fourth-order valence-electron chi connectivity index (χ4n) is 3.54. The van der Waals surface area contributed by atoms with E-state index in [1.165, 1.54) is 19.3 Å². The number of nitrogens with zero attached hydrogens (tertiary/aromatic N) is 4. The maximum Gasteiger partial charge on any atom is 0.226 e. The summed E-state index contributed by atoms with van der Waals surface area (Å²) < 4.78 is 0. The lowest BCUT2D eigenvalue weighted by molar-refractivity contribution is -0.138. The number of piperazine rings is 1. The van der Waals surface area contributed by atoms with Crippen LogP contribution in [0.5, 0.6) is 0 Å². The van der Waals surface area contributed by atoms with Gasteiger partial charge in [-0.05, 0) is 30.9 Å². The van der Waals surface area contributed by atoms with Gasteiger partial charge in [-0.15, -0.1) is 5.10 Å². The van der Waals surface area contributed by atoms with Crippen molar-refractivity contribution in [2.45, 2.75) is 32.6 Å². The molecule has 114 valence electrons. The molecule has 0 bridgehead atoms. The lowest BCUT2D eigenvalue weighted by Gasteiger charge is -2.38. The van der Waals surface area contributed by atoms with Crippen LogP contribution in [0.15, 0.2) is 18.3 Å². The van der Waals surface area contributed by atoms with Crippen molar-refractivity contribution < 1.29 is 4.79 Å².